The number of amides is 1. The maximum atomic E-state index is 11.5. The summed E-state index contributed by atoms with van der Waals surface area (Å²) in [5.41, 5.74) is 2.62. The largest absolute Gasteiger partial charge is 0.508 e. The number of phenolic OH excluding ortho intramolecular Hbond substituents is 2. The van der Waals surface area contributed by atoms with E-state index in [4.69, 9.17) is 0 Å². The molecule has 0 bridgehead atoms. The first-order valence-corrected chi connectivity index (χ1v) is 9.20. The summed E-state index contributed by atoms with van der Waals surface area (Å²) in [6, 6.07) is 10.3. The minimum absolute atomic E-state index is 0.0324. The maximum absolute atomic E-state index is 11.5. The van der Waals surface area contributed by atoms with Gasteiger partial charge in [-0.2, -0.15) is 0 Å². The first-order chi connectivity index (χ1) is 13.2. The molecule has 8 heteroatoms. The van der Waals surface area contributed by atoms with E-state index in [-0.39, 0.29) is 23.3 Å². The average molecular weight is 398 g/mol. The van der Waals surface area contributed by atoms with E-state index in [0.717, 1.165) is 11.4 Å². The molecule has 146 valence electrons. The third-order valence-corrected chi connectivity index (χ3v) is 4.91. The number of hydrogen-bond donors (Lipinski definition) is 3. The van der Waals surface area contributed by atoms with Crippen LogP contribution in [0.15, 0.2) is 41.6 Å². The van der Waals surface area contributed by atoms with Crippen molar-refractivity contribution < 1.29 is 15.0 Å². The number of phenols is 2. The molecule has 0 radical (unpaired) electrons. The van der Waals surface area contributed by atoms with Crippen molar-refractivity contribution in [3.63, 3.8) is 0 Å². The zero-order valence-electron chi connectivity index (χ0n) is 16.1. The van der Waals surface area contributed by atoms with Gasteiger partial charge in [-0.1, -0.05) is 13.8 Å². The Balaban J connectivity index is 2.11. The van der Waals surface area contributed by atoms with Gasteiger partial charge in [-0.25, -0.2) is 0 Å². The quantitative estimate of drug-likeness (QED) is 0.583. The van der Waals surface area contributed by atoms with Crippen molar-refractivity contribution in [2.45, 2.75) is 31.8 Å². The Morgan fingerprint density at radius 3 is 2.32 bits per heavy atom. The van der Waals surface area contributed by atoms with Crippen molar-refractivity contribution in [3.8, 4) is 28.6 Å². The van der Waals surface area contributed by atoms with Crippen LogP contribution in [-0.2, 0) is 4.79 Å². The Morgan fingerprint density at radius 2 is 1.75 bits per heavy atom. The average Bonchev–Trinajstić information content (AvgIpc) is 3.02. The van der Waals surface area contributed by atoms with Crippen LogP contribution in [0.2, 0.25) is 0 Å². The molecule has 0 saturated heterocycles. The van der Waals surface area contributed by atoms with Crippen molar-refractivity contribution in [1.82, 2.24) is 14.8 Å². The Labute approximate surface area is 168 Å². The number of hydrogen-bond acceptors (Lipinski definition) is 6. The Kier molecular flexibility index (Phi) is 5.33. The molecule has 3 aromatic rings. The minimum atomic E-state index is -0.100. The summed E-state index contributed by atoms with van der Waals surface area (Å²) >= 11 is 4.39. The topological polar surface area (TPSA) is 91.5 Å². The molecular formula is C20H22N4O3S. The predicted octanol–water partition coefficient (Wildman–Crippen LogP) is 3.74. The fraction of sp³-hybridized carbons (Fsp3) is 0.250. The van der Waals surface area contributed by atoms with E-state index < -0.39 is 0 Å². The van der Waals surface area contributed by atoms with E-state index in [9.17, 15) is 15.0 Å². The van der Waals surface area contributed by atoms with E-state index in [1.807, 2.05) is 38.1 Å². The van der Waals surface area contributed by atoms with Gasteiger partial charge in [0.1, 0.15) is 11.5 Å². The molecule has 7 nitrogen and oxygen atoms in total. The summed E-state index contributed by atoms with van der Waals surface area (Å²) in [4.78, 5) is 13.1. The van der Waals surface area contributed by atoms with Gasteiger partial charge in [0.25, 0.3) is 0 Å². The van der Waals surface area contributed by atoms with E-state index in [0.29, 0.717) is 22.1 Å². The minimum Gasteiger partial charge on any atom is -0.508 e. The number of aromatic nitrogens is 3. The molecule has 3 rings (SSSR count). The smallest absolute Gasteiger partial charge is 0.223 e. The van der Waals surface area contributed by atoms with Crippen molar-refractivity contribution in [3.05, 3.63) is 42.0 Å². The highest BCUT2D eigenvalue weighted by Gasteiger charge is 2.20. The van der Waals surface area contributed by atoms with Gasteiger partial charge in [-0.3, -0.25) is 9.36 Å². The lowest BCUT2D eigenvalue weighted by Crippen LogP contribution is -2.22. The van der Waals surface area contributed by atoms with Gasteiger partial charge in [-0.05, 0) is 41.8 Å². The zero-order valence-corrected chi connectivity index (χ0v) is 17.0. The van der Waals surface area contributed by atoms with Gasteiger partial charge in [0.15, 0.2) is 11.0 Å². The number of aromatic hydroxyl groups is 2. The number of thiol groups is 1. The highest BCUT2D eigenvalue weighted by atomic mass is 32.1. The van der Waals surface area contributed by atoms with Crippen LogP contribution in [-0.4, -0.2) is 37.9 Å². The maximum Gasteiger partial charge on any atom is 0.223 e. The van der Waals surface area contributed by atoms with E-state index in [1.54, 1.807) is 22.6 Å². The predicted molar refractivity (Wildman–Crippen MR) is 111 cm³/mol. The lowest BCUT2D eigenvalue weighted by molar-refractivity contribution is -0.116. The van der Waals surface area contributed by atoms with Crippen LogP contribution in [0.5, 0.6) is 11.5 Å². The van der Waals surface area contributed by atoms with Gasteiger partial charge in [-0.15, -0.1) is 22.8 Å². The second-order valence-electron chi connectivity index (χ2n) is 6.84. The van der Waals surface area contributed by atoms with Crippen LogP contribution in [0, 0.1) is 0 Å². The summed E-state index contributed by atoms with van der Waals surface area (Å²) in [5, 5.41) is 29.1. The normalized spacial score (nSPS) is 11.1. The number of rotatable bonds is 4. The molecule has 1 amide bonds. The van der Waals surface area contributed by atoms with Crippen molar-refractivity contribution in [1.29, 1.82) is 0 Å². The highest BCUT2D eigenvalue weighted by molar-refractivity contribution is 7.80. The monoisotopic (exact) mass is 398 g/mol. The standard InChI is InChI=1S/C20H22N4O3S/c1-11(2)15-9-16(18(27)10-17(15)26)19-21-22-20(28)24(19)14-7-5-13(6-8-14)23(4)12(3)25/h5-11,26-27H,1-4H3,(H,22,28). The molecule has 0 aliphatic rings. The van der Waals surface area contributed by atoms with Gasteiger partial charge in [0, 0.05) is 31.4 Å². The van der Waals surface area contributed by atoms with Crippen LogP contribution < -0.4 is 4.90 Å². The summed E-state index contributed by atoms with van der Waals surface area (Å²) in [7, 11) is 1.70. The number of benzene rings is 2. The van der Waals surface area contributed by atoms with Crippen LogP contribution in [0.4, 0.5) is 5.69 Å². The lowest BCUT2D eigenvalue weighted by atomic mass is 9.98. The third kappa shape index (κ3) is 3.55. The summed E-state index contributed by atoms with van der Waals surface area (Å²) < 4.78 is 1.69. The third-order valence-electron chi connectivity index (χ3n) is 4.62. The molecule has 0 aliphatic heterocycles. The van der Waals surface area contributed by atoms with Crippen LogP contribution in [0.25, 0.3) is 17.1 Å². The molecule has 2 N–H and O–H groups in total. The van der Waals surface area contributed by atoms with Crippen molar-refractivity contribution in [2.24, 2.45) is 0 Å². The molecule has 2 aromatic carbocycles. The molecule has 0 saturated carbocycles. The Bertz CT molecular complexity index is 1030. The molecule has 0 aliphatic carbocycles. The molecule has 0 atom stereocenters. The van der Waals surface area contributed by atoms with Crippen molar-refractivity contribution >= 4 is 24.2 Å². The van der Waals surface area contributed by atoms with Crippen LogP contribution in [0.3, 0.4) is 0 Å². The van der Waals surface area contributed by atoms with Gasteiger partial charge in [0.05, 0.1) is 5.56 Å². The second kappa shape index (κ2) is 7.55. The Hall–Kier alpha value is -3.00. The SMILES string of the molecule is CC(=O)N(C)c1ccc(-n2c(S)nnc2-c2cc(C(C)C)c(O)cc2O)cc1. The summed E-state index contributed by atoms with van der Waals surface area (Å²) in [6.07, 6.45) is 0. The fourth-order valence-corrected chi connectivity index (χ4v) is 3.19. The molecule has 0 fully saturated rings. The molecular weight excluding hydrogens is 376 g/mol. The van der Waals surface area contributed by atoms with Crippen LogP contribution in [0.1, 0.15) is 32.3 Å². The van der Waals surface area contributed by atoms with E-state index in [2.05, 4.69) is 22.8 Å². The first-order valence-electron chi connectivity index (χ1n) is 8.76. The highest BCUT2D eigenvalue weighted by Crippen LogP contribution is 2.38. The van der Waals surface area contributed by atoms with Crippen molar-refractivity contribution in [2.75, 3.05) is 11.9 Å². The van der Waals surface area contributed by atoms with Crippen LogP contribution >= 0.6 is 12.6 Å². The number of carbonyl (C=O) groups is 1. The number of nitrogens with zero attached hydrogens (tertiary/aromatic N) is 4. The molecule has 0 spiro atoms. The van der Waals surface area contributed by atoms with E-state index in [1.165, 1.54) is 13.0 Å². The summed E-state index contributed by atoms with van der Waals surface area (Å²) in [5.74, 6) is 0.328. The first kappa shape index (κ1) is 19.8. The second-order valence-corrected chi connectivity index (χ2v) is 7.24. The lowest BCUT2D eigenvalue weighted by Gasteiger charge is -2.16. The van der Waals surface area contributed by atoms with Gasteiger partial charge >= 0.3 is 0 Å². The van der Waals surface area contributed by atoms with Gasteiger partial charge < -0.3 is 15.1 Å². The summed E-state index contributed by atoms with van der Waals surface area (Å²) in [6.45, 7) is 5.40. The Morgan fingerprint density at radius 1 is 1.11 bits per heavy atom. The molecule has 0 unspecified atom stereocenters. The fourth-order valence-electron chi connectivity index (χ4n) is 2.93. The molecule has 1 heterocycles. The number of carbonyl (C=O) groups excluding carboxylic acids is 1. The molecule has 1 aromatic heterocycles. The number of anilines is 1. The molecule has 28 heavy (non-hydrogen) atoms. The van der Waals surface area contributed by atoms with E-state index >= 15 is 0 Å². The van der Waals surface area contributed by atoms with Gasteiger partial charge in [0.2, 0.25) is 5.91 Å². The zero-order chi connectivity index (χ0) is 20.6.